The molecule has 1 aliphatic rings. The van der Waals surface area contributed by atoms with Crippen molar-refractivity contribution >= 4 is 18.8 Å². The Morgan fingerprint density at radius 2 is 1.93 bits per heavy atom. The highest BCUT2D eigenvalue weighted by atomic mass is 31.2. The molecule has 1 unspecified atom stereocenters. The zero-order valence-corrected chi connectivity index (χ0v) is 17.2. The molecule has 0 amide bonds. The van der Waals surface area contributed by atoms with Crippen molar-refractivity contribution in [3.05, 3.63) is 18.1 Å². The van der Waals surface area contributed by atoms with Crippen LogP contribution in [0.4, 0.5) is 0 Å². The SMILES string of the molecule is CCC(O)(CC)P(=O)(O)OC[C@H]1O[C@@H](n2cnc3c(=N)n(C)cnc32)[C@H](O)[C@@H]1O. The van der Waals surface area contributed by atoms with E-state index < -0.39 is 44.1 Å². The van der Waals surface area contributed by atoms with E-state index in [0.29, 0.717) is 0 Å². The maximum atomic E-state index is 12.4. The largest absolute Gasteiger partial charge is 0.387 e. The van der Waals surface area contributed by atoms with E-state index in [2.05, 4.69) is 9.97 Å². The van der Waals surface area contributed by atoms with Gasteiger partial charge in [0.25, 0.3) is 0 Å². The summed E-state index contributed by atoms with van der Waals surface area (Å²) in [5, 5.41) is 37.2. The van der Waals surface area contributed by atoms with Crippen molar-refractivity contribution in [1.29, 1.82) is 5.41 Å². The lowest BCUT2D eigenvalue weighted by Gasteiger charge is -2.30. The molecule has 1 saturated heterocycles. The second-order valence-electron chi connectivity index (χ2n) is 7.08. The van der Waals surface area contributed by atoms with Gasteiger partial charge in [-0.05, 0) is 12.8 Å². The Balaban J connectivity index is 1.80. The number of nitrogens with one attached hydrogen (secondary N) is 1. The molecule has 3 heterocycles. The minimum atomic E-state index is -4.42. The number of hydrogen-bond acceptors (Lipinski definition) is 9. The molecular formula is C16H26N5O7P. The number of imidazole rings is 1. The highest BCUT2D eigenvalue weighted by molar-refractivity contribution is 7.54. The number of nitrogens with zero attached hydrogens (tertiary/aromatic N) is 4. The predicted octanol–water partition coefficient (Wildman–Crippen LogP) is -0.421. The summed E-state index contributed by atoms with van der Waals surface area (Å²) in [5.74, 6) is 0. The van der Waals surface area contributed by atoms with E-state index >= 15 is 0 Å². The third kappa shape index (κ3) is 3.66. The molecule has 0 bridgehead atoms. The minimum Gasteiger partial charge on any atom is -0.387 e. The standard InChI is InChI=1S/C16H26N5O7P/c1-4-16(24,5-2)29(25,26)27-6-9-11(22)12(23)15(28-9)21-8-18-10-13(17)20(3)7-19-14(10)21/h7-9,11-12,15,17,22-24H,4-6H2,1-3H3,(H,25,26)/t9-,11-,12-,15-/m1/s1. The summed E-state index contributed by atoms with van der Waals surface area (Å²) in [6.07, 6.45) is -2.24. The summed E-state index contributed by atoms with van der Waals surface area (Å²) in [7, 11) is -2.77. The summed E-state index contributed by atoms with van der Waals surface area (Å²) in [4.78, 5) is 18.4. The predicted molar refractivity (Wildman–Crippen MR) is 99.6 cm³/mol. The molecule has 5 atom stereocenters. The fourth-order valence-electron chi connectivity index (χ4n) is 3.24. The Morgan fingerprint density at radius 1 is 1.28 bits per heavy atom. The molecule has 12 nitrogen and oxygen atoms in total. The minimum absolute atomic E-state index is 0.0101. The molecule has 162 valence electrons. The van der Waals surface area contributed by atoms with Crippen LogP contribution in [0.1, 0.15) is 32.9 Å². The van der Waals surface area contributed by atoms with Gasteiger partial charge in [0, 0.05) is 7.05 Å². The van der Waals surface area contributed by atoms with Crippen LogP contribution in [-0.2, 0) is 20.9 Å². The van der Waals surface area contributed by atoms with E-state index in [1.807, 2.05) is 0 Å². The number of ether oxygens (including phenoxy) is 1. The monoisotopic (exact) mass is 431 g/mol. The number of aryl methyl sites for hydroxylation is 1. The Kier molecular flexibility index (Phi) is 5.98. The van der Waals surface area contributed by atoms with Gasteiger partial charge < -0.3 is 34.0 Å². The van der Waals surface area contributed by atoms with Gasteiger partial charge in [-0.15, -0.1) is 0 Å². The van der Waals surface area contributed by atoms with Gasteiger partial charge in [-0.1, -0.05) is 13.8 Å². The van der Waals surface area contributed by atoms with Crippen LogP contribution in [0.15, 0.2) is 12.7 Å². The van der Waals surface area contributed by atoms with Crippen LogP contribution in [0.5, 0.6) is 0 Å². The van der Waals surface area contributed by atoms with Crippen LogP contribution >= 0.6 is 7.60 Å². The van der Waals surface area contributed by atoms with E-state index in [9.17, 15) is 24.8 Å². The van der Waals surface area contributed by atoms with Crippen LogP contribution in [0.2, 0.25) is 0 Å². The Labute approximate surface area is 166 Å². The van der Waals surface area contributed by atoms with Gasteiger partial charge in [0.1, 0.15) is 23.8 Å². The van der Waals surface area contributed by atoms with Gasteiger partial charge in [0.15, 0.2) is 22.7 Å². The van der Waals surface area contributed by atoms with Crippen molar-refractivity contribution in [3.63, 3.8) is 0 Å². The van der Waals surface area contributed by atoms with Gasteiger partial charge in [-0.25, -0.2) is 9.97 Å². The molecule has 1 fully saturated rings. The van der Waals surface area contributed by atoms with E-state index in [1.165, 1.54) is 21.8 Å². The normalized spacial score (nSPS) is 27.4. The van der Waals surface area contributed by atoms with E-state index in [0.717, 1.165) is 0 Å². The first-order chi connectivity index (χ1) is 13.6. The van der Waals surface area contributed by atoms with Crippen molar-refractivity contribution in [3.8, 4) is 0 Å². The quantitative estimate of drug-likeness (QED) is 0.364. The van der Waals surface area contributed by atoms with Gasteiger partial charge in [0.05, 0.1) is 19.3 Å². The van der Waals surface area contributed by atoms with Crippen molar-refractivity contribution in [2.75, 3.05) is 6.61 Å². The number of aliphatic hydroxyl groups is 3. The highest BCUT2D eigenvalue weighted by Crippen LogP contribution is 2.57. The average molecular weight is 431 g/mol. The summed E-state index contributed by atoms with van der Waals surface area (Å²) in [6.45, 7) is 2.62. The fraction of sp³-hybridized carbons (Fsp3) is 0.688. The summed E-state index contributed by atoms with van der Waals surface area (Å²) in [5.41, 5.74) is 0.683. The Bertz CT molecular complexity index is 988. The first-order valence-corrected chi connectivity index (χ1v) is 10.8. The molecule has 2 aromatic rings. The molecule has 0 saturated carbocycles. The van der Waals surface area contributed by atoms with Crippen molar-refractivity contribution < 1.29 is 34.0 Å². The third-order valence-electron chi connectivity index (χ3n) is 5.38. The van der Waals surface area contributed by atoms with Gasteiger partial charge in [-0.3, -0.25) is 14.5 Å². The fourth-order valence-corrected chi connectivity index (χ4v) is 4.63. The van der Waals surface area contributed by atoms with Crippen LogP contribution in [0.3, 0.4) is 0 Å². The summed E-state index contributed by atoms with van der Waals surface area (Å²) in [6, 6.07) is 0. The molecule has 29 heavy (non-hydrogen) atoms. The van der Waals surface area contributed by atoms with Crippen LogP contribution in [0, 0.1) is 5.41 Å². The van der Waals surface area contributed by atoms with Crippen molar-refractivity contribution in [2.45, 2.75) is 56.6 Å². The van der Waals surface area contributed by atoms with Crippen LogP contribution in [-0.4, -0.2) is 69.6 Å². The summed E-state index contributed by atoms with van der Waals surface area (Å²) >= 11 is 0. The second kappa shape index (κ2) is 7.88. The number of aliphatic hydroxyl groups excluding tert-OH is 2. The molecule has 3 rings (SSSR count). The number of rotatable bonds is 7. The average Bonchev–Trinajstić information content (AvgIpc) is 3.24. The number of hydrogen-bond donors (Lipinski definition) is 5. The molecule has 5 N–H and O–H groups in total. The maximum absolute atomic E-state index is 12.4. The topological polar surface area (TPSA) is 176 Å². The molecule has 0 aliphatic carbocycles. The van der Waals surface area contributed by atoms with Crippen molar-refractivity contribution in [1.82, 2.24) is 19.1 Å². The third-order valence-corrected chi connectivity index (χ3v) is 7.56. The van der Waals surface area contributed by atoms with E-state index in [1.54, 1.807) is 20.9 Å². The zero-order chi connectivity index (χ0) is 21.6. The van der Waals surface area contributed by atoms with Gasteiger partial charge in [0.2, 0.25) is 0 Å². The lowest BCUT2D eigenvalue weighted by atomic mass is 10.1. The van der Waals surface area contributed by atoms with Crippen LogP contribution in [0.25, 0.3) is 11.2 Å². The Morgan fingerprint density at radius 3 is 2.55 bits per heavy atom. The van der Waals surface area contributed by atoms with Gasteiger partial charge >= 0.3 is 7.60 Å². The first kappa shape index (κ1) is 22.0. The number of fused-ring (bicyclic) bond motifs is 1. The van der Waals surface area contributed by atoms with E-state index in [-0.39, 0.29) is 29.5 Å². The highest BCUT2D eigenvalue weighted by Gasteiger charge is 2.48. The van der Waals surface area contributed by atoms with E-state index in [4.69, 9.17) is 14.7 Å². The molecule has 13 heteroatoms. The first-order valence-electron chi connectivity index (χ1n) is 9.20. The molecule has 0 aromatic carbocycles. The Hall–Kier alpha value is -1.66. The molecule has 0 radical (unpaired) electrons. The zero-order valence-electron chi connectivity index (χ0n) is 16.3. The molecule has 0 spiro atoms. The molecule has 1 aliphatic heterocycles. The van der Waals surface area contributed by atoms with Gasteiger partial charge in [-0.2, -0.15) is 0 Å². The molecular weight excluding hydrogens is 405 g/mol. The van der Waals surface area contributed by atoms with Crippen molar-refractivity contribution in [2.24, 2.45) is 7.05 Å². The lowest BCUT2D eigenvalue weighted by Crippen LogP contribution is -2.35. The smallest absolute Gasteiger partial charge is 0.359 e. The molecule has 2 aromatic heterocycles. The second-order valence-corrected chi connectivity index (χ2v) is 9.21. The number of aromatic nitrogens is 4. The van der Waals surface area contributed by atoms with Crippen LogP contribution < -0.4 is 5.49 Å². The summed E-state index contributed by atoms with van der Waals surface area (Å²) < 4.78 is 26.0. The maximum Gasteiger partial charge on any atom is 0.359 e. The lowest BCUT2D eigenvalue weighted by molar-refractivity contribution is -0.0513.